The van der Waals surface area contributed by atoms with E-state index in [1.165, 1.54) is 0 Å². The van der Waals surface area contributed by atoms with Gasteiger partial charge in [-0.2, -0.15) is 0 Å². The van der Waals surface area contributed by atoms with E-state index in [1.807, 2.05) is 6.92 Å². The fourth-order valence-electron chi connectivity index (χ4n) is 0.515. The molecule has 2 unspecified atom stereocenters. The predicted molar refractivity (Wildman–Crippen MR) is 45.7 cm³/mol. The van der Waals surface area contributed by atoms with Crippen LogP contribution in [0.4, 0.5) is 0 Å². The second kappa shape index (κ2) is 4.88. The quantitative estimate of drug-likeness (QED) is 0.463. The average Bonchev–Trinajstić information content (AvgIpc) is 1.87. The molecule has 0 aromatic rings. The molecule has 0 N–H and O–H groups in total. The molecule has 0 aliphatic heterocycles. The lowest BCUT2D eigenvalue weighted by molar-refractivity contribution is -0.0416. The first kappa shape index (κ1) is 10.1. The van der Waals surface area contributed by atoms with Crippen LogP contribution in [-0.2, 0) is 9.16 Å². The number of methoxy groups -OCH3 is 1. The molecule has 0 radical (unpaired) electrons. The summed E-state index contributed by atoms with van der Waals surface area (Å²) >= 11 is 0. The van der Waals surface area contributed by atoms with Gasteiger partial charge in [0.2, 0.25) is 0 Å². The first-order valence-corrected chi connectivity index (χ1v) is 6.05. The van der Waals surface area contributed by atoms with Gasteiger partial charge in [-0.15, -0.1) is 0 Å². The summed E-state index contributed by atoms with van der Waals surface area (Å²) in [5.74, 6) is 0. The van der Waals surface area contributed by atoms with E-state index < -0.39 is 9.04 Å². The van der Waals surface area contributed by atoms with Crippen molar-refractivity contribution in [3.05, 3.63) is 0 Å². The highest BCUT2D eigenvalue weighted by Crippen LogP contribution is 2.09. The van der Waals surface area contributed by atoms with E-state index >= 15 is 0 Å². The van der Waals surface area contributed by atoms with E-state index in [4.69, 9.17) is 9.16 Å². The normalized spacial score (nSPS) is 17.4. The van der Waals surface area contributed by atoms with Crippen molar-refractivity contribution in [1.29, 1.82) is 0 Å². The van der Waals surface area contributed by atoms with Crippen molar-refractivity contribution in [2.75, 3.05) is 7.11 Å². The largest absolute Gasteiger partial charge is 0.396 e. The Morgan fingerprint density at radius 1 is 1.20 bits per heavy atom. The predicted octanol–water partition coefficient (Wildman–Crippen LogP) is 1.76. The van der Waals surface area contributed by atoms with Crippen LogP contribution >= 0.6 is 0 Å². The number of rotatable bonds is 4. The van der Waals surface area contributed by atoms with Gasteiger partial charge in [0.05, 0.1) is 0 Å². The molecule has 0 rings (SSSR count). The van der Waals surface area contributed by atoms with Crippen molar-refractivity contribution in [2.24, 2.45) is 0 Å². The van der Waals surface area contributed by atoms with Crippen LogP contribution in [0.5, 0.6) is 0 Å². The fourth-order valence-corrected chi connectivity index (χ4v) is 1.54. The maximum absolute atomic E-state index is 5.58. The summed E-state index contributed by atoms with van der Waals surface area (Å²) < 4.78 is 10.6. The van der Waals surface area contributed by atoms with Gasteiger partial charge in [-0.1, -0.05) is 13.8 Å². The number of ether oxygens (including phenoxy) is 1. The molecule has 10 heavy (non-hydrogen) atoms. The summed E-state index contributed by atoms with van der Waals surface area (Å²) in [5.41, 5.74) is 0.692. The Kier molecular flexibility index (Phi) is 4.94. The molecule has 0 aliphatic carbocycles. The molecular formula is C7H18O2Si. The zero-order valence-corrected chi connectivity index (χ0v) is 8.70. The Bertz CT molecular complexity index is 85.7. The first-order chi connectivity index (χ1) is 4.57. The number of hydrogen-bond acceptors (Lipinski definition) is 2. The lowest BCUT2D eigenvalue weighted by atomic mass is 10.6. The summed E-state index contributed by atoms with van der Waals surface area (Å²) in [6.45, 7) is 8.52. The Hall–Kier alpha value is 0.137. The SMILES string of the molecule is COC(C)O[SiH](C)C(C)C. The Morgan fingerprint density at radius 2 is 1.70 bits per heavy atom. The maximum Gasteiger partial charge on any atom is 0.179 e. The second-order valence-corrected chi connectivity index (χ2v) is 5.90. The van der Waals surface area contributed by atoms with Crippen molar-refractivity contribution in [2.45, 2.75) is 39.1 Å². The third-order valence-electron chi connectivity index (χ3n) is 1.68. The smallest absolute Gasteiger partial charge is 0.179 e. The lowest BCUT2D eigenvalue weighted by Crippen LogP contribution is -2.24. The molecule has 2 nitrogen and oxygen atoms in total. The molecule has 3 heteroatoms. The molecule has 0 aliphatic rings. The summed E-state index contributed by atoms with van der Waals surface area (Å²) in [6.07, 6.45) is -0.0240. The molecule has 0 saturated carbocycles. The number of hydrogen-bond donors (Lipinski definition) is 0. The molecule has 0 aromatic carbocycles. The Morgan fingerprint density at radius 3 is 2.00 bits per heavy atom. The van der Waals surface area contributed by atoms with Crippen molar-refractivity contribution in [3.8, 4) is 0 Å². The molecule has 0 bridgehead atoms. The Labute approximate surface area is 65.3 Å². The van der Waals surface area contributed by atoms with Crippen molar-refractivity contribution in [3.63, 3.8) is 0 Å². The van der Waals surface area contributed by atoms with Crippen LogP contribution in [0.25, 0.3) is 0 Å². The zero-order valence-electron chi connectivity index (χ0n) is 7.55. The van der Waals surface area contributed by atoms with Gasteiger partial charge in [-0.3, -0.25) is 0 Å². The van der Waals surface area contributed by atoms with Crippen LogP contribution in [0.1, 0.15) is 20.8 Å². The second-order valence-electron chi connectivity index (χ2n) is 2.89. The molecule has 62 valence electrons. The molecular weight excluding hydrogens is 144 g/mol. The average molecular weight is 162 g/mol. The highest BCUT2D eigenvalue weighted by molar-refractivity contribution is 6.51. The van der Waals surface area contributed by atoms with E-state index in [2.05, 4.69) is 20.4 Å². The van der Waals surface area contributed by atoms with Crippen LogP contribution in [0.15, 0.2) is 0 Å². The van der Waals surface area contributed by atoms with Gasteiger partial charge < -0.3 is 9.16 Å². The summed E-state index contributed by atoms with van der Waals surface area (Å²) in [6, 6.07) is 0. The fraction of sp³-hybridized carbons (Fsp3) is 1.00. The van der Waals surface area contributed by atoms with Crippen LogP contribution in [0.2, 0.25) is 12.1 Å². The Balaban J connectivity index is 3.46. The minimum Gasteiger partial charge on any atom is -0.396 e. The van der Waals surface area contributed by atoms with Crippen LogP contribution in [-0.4, -0.2) is 22.4 Å². The van der Waals surface area contributed by atoms with Crippen molar-refractivity contribution in [1.82, 2.24) is 0 Å². The van der Waals surface area contributed by atoms with Gasteiger partial charge in [-0.25, -0.2) is 0 Å². The molecule has 0 aromatic heterocycles. The van der Waals surface area contributed by atoms with Gasteiger partial charge in [0.15, 0.2) is 9.04 Å². The highest BCUT2D eigenvalue weighted by Gasteiger charge is 2.12. The maximum atomic E-state index is 5.58. The lowest BCUT2D eigenvalue weighted by Gasteiger charge is -2.19. The zero-order chi connectivity index (χ0) is 8.15. The molecule has 0 fully saturated rings. The van der Waals surface area contributed by atoms with Crippen molar-refractivity contribution < 1.29 is 9.16 Å². The van der Waals surface area contributed by atoms with Gasteiger partial charge in [0.25, 0.3) is 0 Å². The standard InChI is InChI=1S/C7H18O2Si/c1-6(2)10(5)9-7(3)8-4/h6-7,10H,1-5H3. The summed E-state index contributed by atoms with van der Waals surface area (Å²) in [7, 11) is 0.697. The van der Waals surface area contributed by atoms with Crippen LogP contribution in [0, 0.1) is 0 Å². The minimum atomic E-state index is -0.976. The molecule has 0 spiro atoms. The van der Waals surface area contributed by atoms with Gasteiger partial charge in [0.1, 0.15) is 6.29 Å². The molecule has 0 amide bonds. The van der Waals surface area contributed by atoms with E-state index in [9.17, 15) is 0 Å². The van der Waals surface area contributed by atoms with Crippen LogP contribution in [0.3, 0.4) is 0 Å². The molecule has 0 heterocycles. The van der Waals surface area contributed by atoms with Crippen molar-refractivity contribution >= 4 is 9.04 Å². The first-order valence-electron chi connectivity index (χ1n) is 3.76. The molecule has 2 atom stereocenters. The van der Waals surface area contributed by atoms with Gasteiger partial charge >= 0.3 is 0 Å². The van der Waals surface area contributed by atoms with Gasteiger partial charge in [-0.05, 0) is 19.0 Å². The third kappa shape index (κ3) is 4.03. The third-order valence-corrected chi connectivity index (χ3v) is 4.37. The van der Waals surface area contributed by atoms with Crippen LogP contribution < -0.4 is 0 Å². The summed E-state index contributed by atoms with van der Waals surface area (Å²) in [4.78, 5) is 0. The topological polar surface area (TPSA) is 18.5 Å². The highest BCUT2D eigenvalue weighted by atomic mass is 28.3. The minimum absolute atomic E-state index is 0.0240. The summed E-state index contributed by atoms with van der Waals surface area (Å²) in [5, 5.41) is 0. The van der Waals surface area contributed by atoms with E-state index in [1.54, 1.807) is 7.11 Å². The van der Waals surface area contributed by atoms with E-state index in [0.29, 0.717) is 5.54 Å². The monoisotopic (exact) mass is 162 g/mol. The van der Waals surface area contributed by atoms with E-state index in [0.717, 1.165) is 0 Å². The molecule has 0 saturated heterocycles. The van der Waals surface area contributed by atoms with E-state index in [-0.39, 0.29) is 6.29 Å². The van der Waals surface area contributed by atoms with Gasteiger partial charge in [0, 0.05) is 7.11 Å².